The van der Waals surface area contributed by atoms with Gasteiger partial charge in [-0.3, -0.25) is 9.48 Å². The van der Waals surface area contributed by atoms with E-state index in [-0.39, 0.29) is 17.4 Å². The minimum atomic E-state index is -4.60. The first-order valence-electron chi connectivity index (χ1n) is 11.1. The van der Waals surface area contributed by atoms with Gasteiger partial charge in [-0.25, -0.2) is 0 Å². The SMILES string of the molecule is C=CC(=O)N1Cc2sc(-c3ccco3)cc2[C@H](c2ccccc2-c2cn(CC)nc2C(F)(F)F)C1. The second-order valence-electron chi connectivity index (χ2n) is 8.27. The van der Waals surface area contributed by atoms with Crippen LogP contribution in [0.2, 0.25) is 0 Å². The smallest absolute Gasteiger partial charge is 0.435 e. The van der Waals surface area contributed by atoms with Gasteiger partial charge in [0, 0.05) is 35.6 Å². The molecular formula is C26H22F3N3O2S. The van der Waals surface area contributed by atoms with Gasteiger partial charge in [0.1, 0.15) is 5.76 Å². The molecule has 35 heavy (non-hydrogen) atoms. The average molecular weight is 498 g/mol. The van der Waals surface area contributed by atoms with Crippen molar-refractivity contribution in [1.82, 2.24) is 14.7 Å². The Hall–Kier alpha value is -3.59. The van der Waals surface area contributed by atoms with Crippen molar-refractivity contribution in [2.24, 2.45) is 0 Å². The minimum Gasteiger partial charge on any atom is -0.464 e. The largest absolute Gasteiger partial charge is 0.464 e. The number of aromatic nitrogens is 2. The summed E-state index contributed by atoms with van der Waals surface area (Å²) in [5.41, 5.74) is 1.27. The molecule has 5 nitrogen and oxygen atoms in total. The Morgan fingerprint density at radius 2 is 2.03 bits per heavy atom. The highest BCUT2D eigenvalue weighted by atomic mass is 32.1. The van der Waals surface area contributed by atoms with Gasteiger partial charge in [0.25, 0.3) is 0 Å². The lowest BCUT2D eigenvalue weighted by Gasteiger charge is -2.33. The summed E-state index contributed by atoms with van der Waals surface area (Å²) in [6.45, 7) is 6.41. The molecule has 1 amide bonds. The lowest BCUT2D eigenvalue weighted by Crippen LogP contribution is -2.37. The van der Waals surface area contributed by atoms with Crippen molar-refractivity contribution >= 4 is 17.2 Å². The van der Waals surface area contributed by atoms with Crippen molar-refractivity contribution in [2.75, 3.05) is 6.54 Å². The number of aryl methyl sites for hydroxylation is 1. The third-order valence-electron chi connectivity index (χ3n) is 6.19. The number of hydrogen-bond acceptors (Lipinski definition) is 4. The summed E-state index contributed by atoms with van der Waals surface area (Å²) in [4.78, 5) is 16.2. The summed E-state index contributed by atoms with van der Waals surface area (Å²) < 4.78 is 48.6. The molecule has 1 aliphatic rings. The zero-order valence-electron chi connectivity index (χ0n) is 18.9. The van der Waals surface area contributed by atoms with Crippen molar-refractivity contribution in [1.29, 1.82) is 0 Å². The number of alkyl halides is 3. The van der Waals surface area contributed by atoms with Crippen LogP contribution in [0, 0.1) is 0 Å². The number of rotatable bonds is 5. The number of amides is 1. The fraction of sp³-hybridized carbons (Fsp3) is 0.231. The molecule has 5 rings (SSSR count). The van der Waals surface area contributed by atoms with Gasteiger partial charge in [-0.15, -0.1) is 11.3 Å². The van der Waals surface area contributed by atoms with Gasteiger partial charge in [-0.1, -0.05) is 30.8 Å². The van der Waals surface area contributed by atoms with Crippen LogP contribution < -0.4 is 0 Å². The molecule has 4 aromatic rings. The molecule has 1 aliphatic heterocycles. The van der Waals surface area contributed by atoms with E-state index in [4.69, 9.17) is 4.42 Å². The summed E-state index contributed by atoms with van der Waals surface area (Å²) in [6, 6.07) is 12.7. The highest BCUT2D eigenvalue weighted by molar-refractivity contribution is 7.15. The number of furan rings is 1. The summed E-state index contributed by atoms with van der Waals surface area (Å²) in [5.74, 6) is 0.160. The number of hydrogen-bond donors (Lipinski definition) is 0. The van der Waals surface area contributed by atoms with Crippen LogP contribution in [0.15, 0.2) is 72.0 Å². The fourth-order valence-electron chi connectivity index (χ4n) is 4.56. The van der Waals surface area contributed by atoms with E-state index in [1.807, 2.05) is 24.3 Å². The Bertz CT molecular complexity index is 1390. The van der Waals surface area contributed by atoms with Crippen LogP contribution in [0.25, 0.3) is 21.8 Å². The Labute approximate surface area is 204 Å². The third kappa shape index (κ3) is 4.20. The molecule has 1 aromatic carbocycles. The van der Waals surface area contributed by atoms with Crippen LogP contribution in [0.3, 0.4) is 0 Å². The monoisotopic (exact) mass is 497 g/mol. The molecule has 0 unspecified atom stereocenters. The van der Waals surface area contributed by atoms with Crippen LogP contribution in [0.1, 0.15) is 34.5 Å². The van der Waals surface area contributed by atoms with E-state index in [0.717, 1.165) is 15.3 Å². The van der Waals surface area contributed by atoms with Gasteiger partial charge < -0.3 is 9.32 Å². The second kappa shape index (κ2) is 8.88. The maximum Gasteiger partial charge on any atom is 0.435 e. The normalized spacial score (nSPS) is 15.8. The predicted molar refractivity (Wildman–Crippen MR) is 128 cm³/mol. The number of benzene rings is 1. The van der Waals surface area contributed by atoms with E-state index in [1.54, 1.807) is 36.3 Å². The zero-order valence-corrected chi connectivity index (χ0v) is 19.7. The molecule has 0 radical (unpaired) electrons. The van der Waals surface area contributed by atoms with Crippen LogP contribution in [-0.4, -0.2) is 27.1 Å². The highest BCUT2D eigenvalue weighted by Crippen LogP contribution is 2.45. The lowest BCUT2D eigenvalue weighted by molar-refractivity contribution is -0.141. The summed E-state index contributed by atoms with van der Waals surface area (Å²) >= 11 is 1.52. The topological polar surface area (TPSA) is 51.3 Å². The first-order chi connectivity index (χ1) is 16.8. The molecular weight excluding hydrogens is 475 g/mol. The van der Waals surface area contributed by atoms with Crippen molar-refractivity contribution < 1.29 is 22.4 Å². The Morgan fingerprint density at radius 1 is 1.23 bits per heavy atom. The van der Waals surface area contributed by atoms with E-state index >= 15 is 0 Å². The van der Waals surface area contributed by atoms with Gasteiger partial charge in [-0.2, -0.15) is 18.3 Å². The second-order valence-corrected chi connectivity index (χ2v) is 9.41. The molecule has 1 atom stereocenters. The first kappa shape index (κ1) is 23.2. The lowest BCUT2D eigenvalue weighted by atomic mass is 9.83. The molecule has 9 heteroatoms. The van der Waals surface area contributed by atoms with Crippen molar-refractivity contribution in [2.45, 2.75) is 32.1 Å². The van der Waals surface area contributed by atoms with Crippen molar-refractivity contribution in [3.8, 4) is 21.8 Å². The third-order valence-corrected chi connectivity index (χ3v) is 7.34. The molecule has 4 heterocycles. The minimum absolute atomic E-state index is 0.0326. The van der Waals surface area contributed by atoms with E-state index in [0.29, 0.717) is 36.5 Å². The van der Waals surface area contributed by atoms with Crippen molar-refractivity contribution in [3.05, 3.63) is 89.3 Å². The van der Waals surface area contributed by atoms with Gasteiger partial charge in [0.05, 0.1) is 17.7 Å². The number of carbonyl (C=O) groups excluding carboxylic acids is 1. The van der Waals surface area contributed by atoms with Gasteiger partial charge in [-0.05, 0) is 47.9 Å². The molecule has 0 spiro atoms. The van der Waals surface area contributed by atoms with E-state index < -0.39 is 11.9 Å². The molecule has 3 aromatic heterocycles. The molecule has 0 aliphatic carbocycles. The van der Waals surface area contributed by atoms with Crippen molar-refractivity contribution in [3.63, 3.8) is 0 Å². The van der Waals surface area contributed by atoms with E-state index in [2.05, 4.69) is 11.7 Å². The number of thiophene rings is 1. The Kier molecular flexibility index (Phi) is 5.88. The molecule has 0 N–H and O–H groups in total. The summed E-state index contributed by atoms with van der Waals surface area (Å²) in [7, 11) is 0. The number of halogens is 3. The van der Waals surface area contributed by atoms with Crippen LogP contribution in [0.4, 0.5) is 13.2 Å². The predicted octanol–water partition coefficient (Wildman–Crippen LogP) is 6.57. The number of fused-ring (bicyclic) bond motifs is 1. The number of carbonyl (C=O) groups is 1. The quantitative estimate of drug-likeness (QED) is 0.293. The molecule has 0 saturated heterocycles. The summed E-state index contributed by atoms with van der Waals surface area (Å²) in [5, 5.41) is 3.80. The van der Waals surface area contributed by atoms with Gasteiger partial charge in [0.2, 0.25) is 5.91 Å². The maximum absolute atomic E-state index is 13.9. The standard InChI is InChI=1S/C26H22F3N3O2S/c1-3-24(33)31-13-19(18-12-22(35-23(18)15-31)21-10-7-11-34-21)16-8-5-6-9-17(16)20-14-32(4-2)30-25(20)26(27,28)29/h3,5-12,14,19H,1,4,13,15H2,2H3/t19-/m0/s1. The maximum atomic E-state index is 13.9. The summed E-state index contributed by atoms with van der Waals surface area (Å²) in [6.07, 6.45) is -0.291. The Balaban J connectivity index is 1.68. The van der Waals surface area contributed by atoms with E-state index in [9.17, 15) is 18.0 Å². The highest BCUT2D eigenvalue weighted by Gasteiger charge is 2.39. The first-order valence-corrected chi connectivity index (χ1v) is 11.9. The van der Waals surface area contributed by atoms with Gasteiger partial charge >= 0.3 is 6.18 Å². The molecule has 0 fully saturated rings. The van der Waals surface area contributed by atoms with Crippen LogP contribution in [0.5, 0.6) is 0 Å². The zero-order chi connectivity index (χ0) is 24.7. The molecule has 180 valence electrons. The molecule has 0 saturated carbocycles. The number of nitrogens with zero attached hydrogens (tertiary/aromatic N) is 3. The van der Waals surface area contributed by atoms with Gasteiger partial charge in [0.15, 0.2) is 5.69 Å². The molecule has 0 bridgehead atoms. The average Bonchev–Trinajstić information content (AvgIpc) is 3.61. The fourth-order valence-corrected chi connectivity index (χ4v) is 5.76. The Morgan fingerprint density at radius 3 is 2.71 bits per heavy atom. The van der Waals surface area contributed by atoms with Crippen LogP contribution >= 0.6 is 11.3 Å². The van der Waals surface area contributed by atoms with E-state index in [1.165, 1.54) is 28.3 Å². The van der Waals surface area contributed by atoms with Crippen LogP contribution in [-0.2, 0) is 24.1 Å².